The molecular formula is C29H34Cl2F3N7O4. The van der Waals surface area contributed by atoms with E-state index < -0.39 is 30.2 Å². The summed E-state index contributed by atoms with van der Waals surface area (Å²) in [5, 5.41) is 33.2. The highest BCUT2D eigenvalue weighted by molar-refractivity contribution is 6.42. The molecule has 1 fully saturated rings. The Morgan fingerprint density at radius 3 is 2.60 bits per heavy atom. The molecule has 244 valence electrons. The van der Waals surface area contributed by atoms with Gasteiger partial charge in [-0.05, 0) is 42.8 Å². The highest BCUT2D eigenvalue weighted by Crippen LogP contribution is 2.35. The zero-order valence-electron chi connectivity index (χ0n) is 24.5. The maximum atomic E-state index is 13.6. The quantitative estimate of drug-likeness (QED) is 0.108. The molecule has 45 heavy (non-hydrogen) atoms. The molecule has 1 saturated heterocycles. The molecule has 0 aliphatic carbocycles. The molecule has 0 radical (unpaired) electrons. The van der Waals surface area contributed by atoms with Crippen LogP contribution < -0.4 is 15.4 Å². The Morgan fingerprint density at radius 1 is 1.24 bits per heavy atom. The molecule has 0 spiro atoms. The Labute approximate surface area is 269 Å². The highest BCUT2D eigenvalue weighted by Gasteiger charge is 2.31. The van der Waals surface area contributed by atoms with Crippen molar-refractivity contribution in [2.45, 2.75) is 13.1 Å². The second kappa shape index (κ2) is 17.2. The number of anilines is 1. The van der Waals surface area contributed by atoms with Crippen molar-refractivity contribution in [3.05, 3.63) is 57.6 Å². The SMILES string of the molecule is CCN(CC(CN=C(NC#N)Nc1cc(C(F)(F)F)ccc1OCCN1CCOCC1)C(=N)c1ccc(Cl)c(Cl)c1)C(=O)CO. The summed E-state index contributed by atoms with van der Waals surface area (Å²) < 4.78 is 52.0. The number of nitrogens with one attached hydrogen (secondary N) is 3. The van der Waals surface area contributed by atoms with E-state index in [1.54, 1.807) is 19.2 Å². The number of nitrogens with zero attached hydrogens (tertiary/aromatic N) is 4. The number of carbonyl (C=O) groups excluding carboxylic acids is 1. The Morgan fingerprint density at radius 2 is 1.98 bits per heavy atom. The molecule has 1 amide bonds. The first-order chi connectivity index (χ1) is 21.5. The van der Waals surface area contributed by atoms with Crippen molar-refractivity contribution in [3.63, 3.8) is 0 Å². The molecule has 2 aromatic rings. The normalized spacial score (nSPS) is 14.8. The number of guanidine groups is 1. The van der Waals surface area contributed by atoms with Gasteiger partial charge in [0.05, 0.1) is 41.1 Å². The number of hydrogen-bond donors (Lipinski definition) is 4. The van der Waals surface area contributed by atoms with Crippen LogP contribution in [0.15, 0.2) is 41.4 Å². The minimum absolute atomic E-state index is 0.0300. The van der Waals surface area contributed by atoms with Gasteiger partial charge in [0.1, 0.15) is 19.0 Å². The number of rotatable bonds is 13. The lowest BCUT2D eigenvalue weighted by molar-refractivity contribution is -0.137. The van der Waals surface area contributed by atoms with E-state index in [2.05, 4.69) is 20.5 Å². The van der Waals surface area contributed by atoms with Gasteiger partial charge in [0.25, 0.3) is 0 Å². The highest BCUT2D eigenvalue weighted by atomic mass is 35.5. The summed E-state index contributed by atoms with van der Waals surface area (Å²) >= 11 is 12.2. The number of amides is 1. The van der Waals surface area contributed by atoms with Gasteiger partial charge in [-0.1, -0.05) is 29.3 Å². The van der Waals surface area contributed by atoms with Crippen molar-refractivity contribution in [2.24, 2.45) is 10.9 Å². The third-order valence-corrected chi connectivity index (χ3v) is 7.66. The first-order valence-electron chi connectivity index (χ1n) is 14.0. The third kappa shape index (κ3) is 10.8. The lowest BCUT2D eigenvalue weighted by Gasteiger charge is -2.27. The van der Waals surface area contributed by atoms with Crippen LogP contribution in [-0.4, -0.2) is 98.2 Å². The Hall–Kier alpha value is -3.61. The summed E-state index contributed by atoms with van der Waals surface area (Å²) in [5.74, 6) is -1.45. The van der Waals surface area contributed by atoms with Crippen molar-refractivity contribution >= 4 is 46.5 Å². The third-order valence-electron chi connectivity index (χ3n) is 6.92. The molecule has 3 rings (SSSR count). The van der Waals surface area contributed by atoms with Crippen LogP contribution in [0.4, 0.5) is 18.9 Å². The number of morpholine rings is 1. The molecule has 1 unspecified atom stereocenters. The number of benzene rings is 2. The molecule has 0 bridgehead atoms. The molecule has 0 aromatic heterocycles. The average Bonchev–Trinajstić information content (AvgIpc) is 3.02. The lowest BCUT2D eigenvalue weighted by Crippen LogP contribution is -2.40. The van der Waals surface area contributed by atoms with Crippen molar-refractivity contribution in [3.8, 4) is 11.9 Å². The van der Waals surface area contributed by atoms with Crippen LogP contribution in [0.1, 0.15) is 18.1 Å². The minimum atomic E-state index is -4.65. The van der Waals surface area contributed by atoms with Crippen LogP contribution in [0, 0.1) is 22.8 Å². The molecule has 16 heteroatoms. The standard InChI is InChI=1S/C29H34Cl2F3N7O4/c1-2-41(26(43)17-42)16-20(27(36)19-3-5-22(30)23(31)13-19)15-37-28(38-18-35)39-24-14-21(29(32,33)34)4-6-25(24)45-12-9-40-7-10-44-11-8-40/h3-6,13-14,20,36,42H,2,7-12,15-17H2,1H3,(H2,37,38,39). The molecule has 11 nitrogen and oxygen atoms in total. The molecule has 1 aliphatic heterocycles. The van der Waals surface area contributed by atoms with Crippen molar-refractivity contribution in [2.75, 3.05) is 71.0 Å². The zero-order chi connectivity index (χ0) is 33.0. The van der Waals surface area contributed by atoms with Gasteiger partial charge in [0.15, 0.2) is 6.19 Å². The number of alkyl halides is 3. The van der Waals surface area contributed by atoms with E-state index in [1.807, 2.05) is 0 Å². The fourth-order valence-corrected chi connectivity index (χ4v) is 4.74. The maximum absolute atomic E-state index is 13.6. The van der Waals surface area contributed by atoms with Crippen LogP contribution in [0.3, 0.4) is 0 Å². The summed E-state index contributed by atoms with van der Waals surface area (Å²) in [7, 11) is 0. The van der Waals surface area contributed by atoms with Crippen LogP contribution in [0.2, 0.25) is 10.0 Å². The number of aliphatic imine (C=N–C) groups is 1. The van der Waals surface area contributed by atoms with E-state index in [0.717, 1.165) is 12.1 Å². The number of carbonyl (C=O) groups is 1. The Bertz CT molecular complexity index is 1400. The Kier molecular flexibility index (Phi) is 13.7. The Balaban J connectivity index is 1.90. The summed E-state index contributed by atoms with van der Waals surface area (Å²) in [5.41, 5.74) is -0.602. The van der Waals surface area contributed by atoms with E-state index in [9.17, 15) is 28.3 Å². The van der Waals surface area contributed by atoms with Crippen LogP contribution >= 0.6 is 23.2 Å². The van der Waals surface area contributed by atoms with Gasteiger partial charge < -0.3 is 30.2 Å². The number of aliphatic hydroxyl groups excluding tert-OH is 1. The monoisotopic (exact) mass is 671 g/mol. The summed E-state index contributed by atoms with van der Waals surface area (Å²) in [4.78, 5) is 20.1. The minimum Gasteiger partial charge on any atom is -0.490 e. The maximum Gasteiger partial charge on any atom is 0.416 e. The van der Waals surface area contributed by atoms with E-state index in [0.29, 0.717) is 38.4 Å². The largest absolute Gasteiger partial charge is 0.490 e. The number of ether oxygens (including phenoxy) is 2. The molecular weight excluding hydrogens is 638 g/mol. The first-order valence-corrected chi connectivity index (χ1v) is 14.8. The fourth-order valence-electron chi connectivity index (χ4n) is 4.44. The van der Waals surface area contributed by atoms with Gasteiger partial charge in [-0.25, -0.2) is 0 Å². The molecule has 4 N–H and O–H groups in total. The van der Waals surface area contributed by atoms with Crippen LogP contribution in [0.25, 0.3) is 0 Å². The van der Waals surface area contributed by atoms with Gasteiger partial charge in [-0.3, -0.25) is 20.0 Å². The van der Waals surface area contributed by atoms with Gasteiger partial charge in [-0.15, -0.1) is 0 Å². The van der Waals surface area contributed by atoms with Gasteiger partial charge in [0, 0.05) is 44.4 Å². The second-order valence-corrected chi connectivity index (χ2v) is 10.7. The number of nitriles is 1. The second-order valence-electron chi connectivity index (χ2n) is 9.89. The van der Waals surface area contributed by atoms with Crippen molar-refractivity contribution in [1.82, 2.24) is 15.1 Å². The van der Waals surface area contributed by atoms with E-state index in [1.165, 1.54) is 23.1 Å². The lowest BCUT2D eigenvalue weighted by atomic mass is 9.96. The molecule has 1 heterocycles. The number of aliphatic hydroxyl groups is 1. The fraction of sp³-hybridized carbons (Fsp3) is 0.448. The summed E-state index contributed by atoms with van der Waals surface area (Å²) in [6, 6.07) is 7.53. The predicted octanol–water partition coefficient (Wildman–Crippen LogP) is 4.09. The summed E-state index contributed by atoms with van der Waals surface area (Å²) in [6.07, 6.45) is -2.94. The van der Waals surface area contributed by atoms with Crippen molar-refractivity contribution in [1.29, 1.82) is 10.7 Å². The molecule has 2 aromatic carbocycles. The zero-order valence-corrected chi connectivity index (χ0v) is 26.0. The van der Waals surface area contributed by atoms with E-state index in [-0.39, 0.29) is 59.4 Å². The first kappa shape index (κ1) is 35.9. The summed E-state index contributed by atoms with van der Waals surface area (Å²) in [6.45, 7) is 4.28. The predicted molar refractivity (Wildman–Crippen MR) is 165 cm³/mol. The average molecular weight is 673 g/mol. The van der Waals surface area contributed by atoms with Gasteiger partial charge >= 0.3 is 6.18 Å². The van der Waals surface area contributed by atoms with E-state index in [4.69, 9.17) is 38.1 Å². The molecule has 0 saturated carbocycles. The van der Waals surface area contributed by atoms with Crippen LogP contribution in [-0.2, 0) is 15.7 Å². The smallest absolute Gasteiger partial charge is 0.416 e. The van der Waals surface area contributed by atoms with Gasteiger partial charge in [-0.2, -0.15) is 18.4 Å². The number of halogens is 5. The van der Waals surface area contributed by atoms with Gasteiger partial charge in [0.2, 0.25) is 11.9 Å². The number of likely N-dealkylation sites (N-methyl/N-ethyl adjacent to an activating group) is 1. The van der Waals surface area contributed by atoms with Crippen LogP contribution in [0.5, 0.6) is 5.75 Å². The van der Waals surface area contributed by atoms with E-state index >= 15 is 0 Å². The topological polar surface area (TPSA) is 146 Å². The molecule has 1 atom stereocenters. The van der Waals surface area contributed by atoms with Crippen molar-refractivity contribution < 1.29 is 32.5 Å². The molecule has 1 aliphatic rings. The number of hydrogen-bond acceptors (Lipinski definition) is 8.